The van der Waals surface area contributed by atoms with E-state index in [0.29, 0.717) is 16.3 Å². The van der Waals surface area contributed by atoms with Crippen molar-refractivity contribution in [2.45, 2.75) is 19.9 Å². The molecule has 8 heteroatoms. The minimum Gasteiger partial charge on any atom is -0.507 e. The number of carbonyl (C=O) groups is 2. The number of amides is 1. The summed E-state index contributed by atoms with van der Waals surface area (Å²) in [6, 6.07) is 16.2. The van der Waals surface area contributed by atoms with Crippen LogP contribution in [0.15, 0.2) is 66.2 Å². The molecule has 1 aliphatic heterocycles. The SMILES string of the molecule is COc1cc(C2C(=C(O)c3ccccc3)C(=O)C(=O)N2c2nc3c(C)cc(C)cc3s2)ccc1O. The Balaban J connectivity index is 1.77. The number of anilines is 1. The third-order valence-corrected chi connectivity index (χ3v) is 7.04. The average molecular weight is 487 g/mol. The van der Waals surface area contributed by atoms with Gasteiger partial charge in [0.25, 0.3) is 5.78 Å². The molecule has 0 bridgehead atoms. The van der Waals surface area contributed by atoms with Crippen molar-refractivity contribution in [3.8, 4) is 11.5 Å². The number of phenols is 1. The zero-order valence-electron chi connectivity index (χ0n) is 19.3. The van der Waals surface area contributed by atoms with E-state index in [4.69, 9.17) is 9.72 Å². The number of hydrogen-bond acceptors (Lipinski definition) is 7. The number of nitrogens with zero attached hydrogens (tertiary/aromatic N) is 2. The van der Waals surface area contributed by atoms with Crippen LogP contribution in [-0.2, 0) is 9.59 Å². The second-order valence-corrected chi connectivity index (χ2v) is 9.40. The molecule has 1 fully saturated rings. The molecule has 2 heterocycles. The number of hydrogen-bond donors (Lipinski definition) is 2. The summed E-state index contributed by atoms with van der Waals surface area (Å²) < 4.78 is 6.16. The molecular formula is C27H22N2O5S. The maximum atomic E-state index is 13.4. The highest BCUT2D eigenvalue weighted by Crippen LogP contribution is 2.46. The van der Waals surface area contributed by atoms with E-state index in [1.807, 2.05) is 26.0 Å². The number of phenolic OH excluding ortho intramolecular Hbond substituents is 1. The minimum atomic E-state index is -0.966. The highest BCUT2D eigenvalue weighted by molar-refractivity contribution is 7.22. The Morgan fingerprint density at radius 2 is 1.80 bits per heavy atom. The predicted molar refractivity (Wildman–Crippen MR) is 135 cm³/mol. The molecule has 0 radical (unpaired) electrons. The molecule has 35 heavy (non-hydrogen) atoms. The Bertz CT molecular complexity index is 1520. The van der Waals surface area contributed by atoms with Gasteiger partial charge >= 0.3 is 5.91 Å². The Hall–Kier alpha value is -4.17. The number of fused-ring (bicyclic) bond motifs is 1. The molecule has 1 atom stereocenters. The van der Waals surface area contributed by atoms with Gasteiger partial charge in [-0.3, -0.25) is 14.5 Å². The smallest absolute Gasteiger partial charge is 0.301 e. The van der Waals surface area contributed by atoms with Crippen molar-refractivity contribution in [3.63, 3.8) is 0 Å². The molecule has 1 saturated heterocycles. The molecule has 0 aliphatic carbocycles. The van der Waals surface area contributed by atoms with Gasteiger partial charge in [-0.1, -0.05) is 53.8 Å². The molecule has 0 spiro atoms. The lowest BCUT2D eigenvalue weighted by atomic mass is 9.95. The molecule has 1 aliphatic rings. The molecule has 2 N–H and O–H groups in total. The molecule has 0 saturated carbocycles. The van der Waals surface area contributed by atoms with Gasteiger partial charge in [-0.25, -0.2) is 4.98 Å². The maximum absolute atomic E-state index is 13.4. The quantitative estimate of drug-likeness (QED) is 0.232. The number of aromatic nitrogens is 1. The lowest BCUT2D eigenvalue weighted by Crippen LogP contribution is -2.29. The first-order valence-corrected chi connectivity index (χ1v) is 11.7. The Kier molecular flexibility index (Phi) is 5.53. The molecule has 5 rings (SSSR count). The number of aromatic hydroxyl groups is 1. The van der Waals surface area contributed by atoms with Gasteiger partial charge in [-0.2, -0.15) is 0 Å². The number of benzene rings is 3. The van der Waals surface area contributed by atoms with E-state index < -0.39 is 17.7 Å². The van der Waals surface area contributed by atoms with E-state index in [9.17, 15) is 19.8 Å². The van der Waals surface area contributed by atoms with Crippen LogP contribution in [0.2, 0.25) is 0 Å². The van der Waals surface area contributed by atoms with Crippen LogP contribution in [0.25, 0.3) is 16.0 Å². The Labute approximate surface area is 205 Å². The molecule has 176 valence electrons. The summed E-state index contributed by atoms with van der Waals surface area (Å²) in [6.07, 6.45) is 0. The standard InChI is InChI=1S/C27H22N2O5S/c1-14-11-15(2)22-20(12-14)35-27(28-22)29-23(17-9-10-18(30)19(13-17)34-3)21(25(32)26(29)33)24(31)16-7-5-4-6-8-16/h4-13,23,30-31H,1-3H3. The number of aliphatic hydroxyl groups is 1. The Morgan fingerprint density at radius 3 is 2.51 bits per heavy atom. The van der Waals surface area contributed by atoms with Crippen molar-refractivity contribution in [1.82, 2.24) is 4.98 Å². The van der Waals surface area contributed by atoms with Crippen LogP contribution in [0.5, 0.6) is 11.5 Å². The van der Waals surface area contributed by atoms with Crippen LogP contribution in [0.3, 0.4) is 0 Å². The maximum Gasteiger partial charge on any atom is 0.301 e. The first-order valence-electron chi connectivity index (χ1n) is 10.9. The molecule has 1 aromatic heterocycles. The second kappa shape index (κ2) is 8.56. The highest BCUT2D eigenvalue weighted by Gasteiger charge is 2.48. The highest BCUT2D eigenvalue weighted by atomic mass is 32.1. The molecule has 7 nitrogen and oxygen atoms in total. The van der Waals surface area contributed by atoms with Gasteiger partial charge in [0.1, 0.15) is 5.76 Å². The number of ether oxygens (including phenoxy) is 1. The van der Waals surface area contributed by atoms with Gasteiger partial charge < -0.3 is 14.9 Å². The zero-order chi connectivity index (χ0) is 24.9. The van der Waals surface area contributed by atoms with Gasteiger partial charge in [0.05, 0.1) is 28.9 Å². The monoisotopic (exact) mass is 486 g/mol. The van der Waals surface area contributed by atoms with Crippen molar-refractivity contribution in [1.29, 1.82) is 0 Å². The van der Waals surface area contributed by atoms with Crippen molar-refractivity contribution in [3.05, 3.63) is 88.5 Å². The lowest BCUT2D eigenvalue weighted by Gasteiger charge is -2.23. The van der Waals surface area contributed by atoms with Gasteiger partial charge in [0.15, 0.2) is 16.6 Å². The van der Waals surface area contributed by atoms with E-state index in [0.717, 1.165) is 21.3 Å². The van der Waals surface area contributed by atoms with Crippen molar-refractivity contribution >= 4 is 44.1 Å². The van der Waals surface area contributed by atoms with Crippen molar-refractivity contribution in [2.75, 3.05) is 12.0 Å². The largest absolute Gasteiger partial charge is 0.507 e. The second-order valence-electron chi connectivity index (χ2n) is 8.39. The van der Waals surface area contributed by atoms with E-state index in [2.05, 4.69) is 0 Å². The summed E-state index contributed by atoms with van der Waals surface area (Å²) in [6.45, 7) is 3.94. The van der Waals surface area contributed by atoms with Gasteiger partial charge in [0, 0.05) is 5.56 Å². The number of aliphatic hydroxyl groups excluding tert-OH is 1. The van der Waals surface area contributed by atoms with Gasteiger partial charge in [-0.15, -0.1) is 0 Å². The number of carbonyl (C=O) groups excluding carboxylic acids is 2. The van der Waals surface area contributed by atoms with E-state index in [1.165, 1.54) is 29.4 Å². The topological polar surface area (TPSA) is 100.0 Å². The third kappa shape index (κ3) is 3.72. The fourth-order valence-electron chi connectivity index (χ4n) is 4.42. The predicted octanol–water partition coefficient (Wildman–Crippen LogP) is 5.25. The average Bonchev–Trinajstić information content (AvgIpc) is 3.38. The summed E-state index contributed by atoms with van der Waals surface area (Å²) in [7, 11) is 1.42. The summed E-state index contributed by atoms with van der Waals surface area (Å²) >= 11 is 1.31. The van der Waals surface area contributed by atoms with Crippen LogP contribution in [-0.4, -0.2) is 34.0 Å². The number of Topliss-reactive ketones (excluding diaryl/α,β-unsaturated/α-hetero) is 1. The first kappa shape index (κ1) is 22.6. The van der Waals surface area contributed by atoms with E-state index >= 15 is 0 Å². The number of thiazole rings is 1. The summed E-state index contributed by atoms with van der Waals surface area (Å²) in [4.78, 5) is 32.8. The molecule has 1 unspecified atom stereocenters. The van der Waals surface area contributed by atoms with Crippen molar-refractivity contribution < 1.29 is 24.5 Å². The molecular weight excluding hydrogens is 464 g/mol. The van der Waals surface area contributed by atoms with Crippen LogP contribution < -0.4 is 9.64 Å². The number of aryl methyl sites for hydroxylation is 2. The van der Waals surface area contributed by atoms with Crippen molar-refractivity contribution in [2.24, 2.45) is 0 Å². The normalized spacial score (nSPS) is 17.3. The minimum absolute atomic E-state index is 0.0545. The Morgan fingerprint density at radius 1 is 1.06 bits per heavy atom. The van der Waals surface area contributed by atoms with E-state index in [-0.39, 0.29) is 22.8 Å². The first-order chi connectivity index (χ1) is 16.8. The number of rotatable bonds is 4. The fraction of sp³-hybridized carbons (Fsp3) is 0.148. The van der Waals surface area contributed by atoms with E-state index in [1.54, 1.807) is 42.5 Å². The van der Waals surface area contributed by atoms with Crippen LogP contribution in [0, 0.1) is 13.8 Å². The lowest BCUT2D eigenvalue weighted by molar-refractivity contribution is -0.132. The van der Waals surface area contributed by atoms with Crippen LogP contribution >= 0.6 is 11.3 Å². The van der Waals surface area contributed by atoms with Crippen LogP contribution in [0.4, 0.5) is 5.13 Å². The third-order valence-electron chi connectivity index (χ3n) is 6.04. The zero-order valence-corrected chi connectivity index (χ0v) is 20.1. The van der Waals surface area contributed by atoms with Gasteiger partial charge in [-0.05, 0) is 48.7 Å². The van der Waals surface area contributed by atoms with Crippen LogP contribution in [0.1, 0.15) is 28.3 Å². The fourth-order valence-corrected chi connectivity index (χ4v) is 5.59. The van der Waals surface area contributed by atoms with Gasteiger partial charge in [0.2, 0.25) is 0 Å². The molecule has 4 aromatic rings. The number of ketones is 1. The summed E-state index contributed by atoms with van der Waals surface area (Å²) in [5, 5.41) is 21.7. The summed E-state index contributed by atoms with van der Waals surface area (Å²) in [5.74, 6) is -1.77. The summed E-state index contributed by atoms with van der Waals surface area (Å²) in [5.41, 5.74) is 3.63. The molecule has 1 amide bonds. The number of methoxy groups -OCH3 is 1. The molecule has 3 aromatic carbocycles.